The predicted molar refractivity (Wildman–Crippen MR) is 83.6 cm³/mol. The van der Waals surface area contributed by atoms with E-state index in [0.717, 1.165) is 5.56 Å². The molecule has 3 nitrogen and oxygen atoms in total. The van der Waals surface area contributed by atoms with Crippen LogP contribution in [-0.4, -0.2) is 25.3 Å². The molecule has 0 spiro atoms. The third-order valence-corrected chi connectivity index (χ3v) is 3.02. The van der Waals surface area contributed by atoms with Crippen LogP contribution in [0.4, 0.5) is 0 Å². The highest BCUT2D eigenvalue weighted by Crippen LogP contribution is 2.19. The molecule has 1 aliphatic carbocycles. The number of carbonyl (C=O) groups is 1. The van der Waals surface area contributed by atoms with E-state index in [9.17, 15) is 4.79 Å². The average Bonchev–Trinajstić information content (AvgIpc) is 2.54. The van der Waals surface area contributed by atoms with Gasteiger partial charge in [0.1, 0.15) is 0 Å². The van der Waals surface area contributed by atoms with Crippen molar-refractivity contribution in [3.63, 3.8) is 0 Å². The van der Waals surface area contributed by atoms with E-state index in [1.54, 1.807) is 19.3 Å². The zero-order chi connectivity index (χ0) is 15.0. The molecule has 1 aliphatic rings. The standard InChI is InChI=1S/C18H18O3/c1-20-18(13-11-17(19)12-14-18)21-15-7-3-6-10-16-8-4-2-5-9-16/h2-14H,15H2,1H3/b7-3+,10-6+. The Kier molecular flexibility index (Phi) is 5.43. The Bertz CT molecular complexity index is 564. The van der Waals surface area contributed by atoms with Crippen LogP contribution in [0.1, 0.15) is 5.56 Å². The second kappa shape index (κ2) is 7.53. The van der Waals surface area contributed by atoms with Gasteiger partial charge in [0.25, 0.3) is 0 Å². The predicted octanol–water partition coefficient (Wildman–Crippen LogP) is 3.31. The SMILES string of the molecule is COC1(OC/C=C/C=C/c2ccccc2)C=CC(=O)C=C1. The van der Waals surface area contributed by atoms with Gasteiger partial charge in [0.2, 0.25) is 5.79 Å². The minimum atomic E-state index is -0.943. The van der Waals surface area contributed by atoms with Gasteiger partial charge in [-0.05, 0) is 29.9 Å². The Labute approximate surface area is 124 Å². The fourth-order valence-corrected chi connectivity index (χ4v) is 1.84. The van der Waals surface area contributed by atoms with Gasteiger partial charge in [-0.2, -0.15) is 0 Å². The van der Waals surface area contributed by atoms with E-state index in [1.165, 1.54) is 12.2 Å². The van der Waals surface area contributed by atoms with Gasteiger partial charge >= 0.3 is 0 Å². The van der Waals surface area contributed by atoms with Crippen molar-refractivity contribution in [3.05, 3.63) is 78.4 Å². The van der Waals surface area contributed by atoms with Crippen LogP contribution in [0.15, 0.2) is 72.9 Å². The van der Waals surface area contributed by atoms with Crippen LogP contribution in [0.5, 0.6) is 0 Å². The number of carbonyl (C=O) groups excluding carboxylic acids is 1. The largest absolute Gasteiger partial charge is 0.346 e. The first-order valence-corrected chi connectivity index (χ1v) is 6.74. The summed E-state index contributed by atoms with van der Waals surface area (Å²) in [5.74, 6) is -1.01. The summed E-state index contributed by atoms with van der Waals surface area (Å²) in [7, 11) is 1.55. The smallest absolute Gasteiger partial charge is 0.208 e. The molecule has 0 saturated heterocycles. The summed E-state index contributed by atoms with van der Waals surface area (Å²) in [6.07, 6.45) is 13.9. The van der Waals surface area contributed by atoms with Gasteiger partial charge in [-0.3, -0.25) is 4.79 Å². The molecule has 108 valence electrons. The molecule has 0 aromatic heterocycles. The van der Waals surface area contributed by atoms with Crippen LogP contribution < -0.4 is 0 Å². The van der Waals surface area contributed by atoms with E-state index in [-0.39, 0.29) is 5.78 Å². The first-order valence-electron chi connectivity index (χ1n) is 6.74. The number of methoxy groups -OCH3 is 1. The fourth-order valence-electron chi connectivity index (χ4n) is 1.84. The molecule has 0 aliphatic heterocycles. The molecule has 0 unspecified atom stereocenters. The van der Waals surface area contributed by atoms with E-state index in [0.29, 0.717) is 6.61 Å². The Hall–Kier alpha value is -2.23. The second-order valence-corrected chi connectivity index (χ2v) is 4.50. The number of ether oxygens (including phenoxy) is 2. The van der Waals surface area contributed by atoms with E-state index in [1.807, 2.05) is 54.6 Å². The average molecular weight is 282 g/mol. The molecule has 0 N–H and O–H groups in total. The maximum atomic E-state index is 11.1. The van der Waals surface area contributed by atoms with E-state index < -0.39 is 5.79 Å². The molecule has 1 aromatic carbocycles. The van der Waals surface area contributed by atoms with E-state index >= 15 is 0 Å². The Balaban J connectivity index is 1.82. The number of hydrogen-bond donors (Lipinski definition) is 0. The lowest BCUT2D eigenvalue weighted by atomic mass is 10.1. The Morgan fingerprint density at radius 3 is 2.48 bits per heavy atom. The van der Waals surface area contributed by atoms with Gasteiger partial charge in [0.15, 0.2) is 5.78 Å². The van der Waals surface area contributed by atoms with Gasteiger partial charge in [-0.25, -0.2) is 0 Å². The zero-order valence-electron chi connectivity index (χ0n) is 11.9. The highest BCUT2D eigenvalue weighted by molar-refractivity contribution is 6.00. The van der Waals surface area contributed by atoms with Crippen molar-refractivity contribution >= 4 is 11.9 Å². The van der Waals surface area contributed by atoms with Crippen LogP contribution in [0.2, 0.25) is 0 Å². The van der Waals surface area contributed by atoms with Crippen molar-refractivity contribution in [3.8, 4) is 0 Å². The van der Waals surface area contributed by atoms with Gasteiger partial charge in [-0.15, -0.1) is 0 Å². The topological polar surface area (TPSA) is 35.5 Å². The van der Waals surface area contributed by atoms with Gasteiger partial charge in [0, 0.05) is 7.11 Å². The molecule has 0 radical (unpaired) electrons. The van der Waals surface area contributed by atoms with Crippen molar-refractivity contribution in [2.45, 2.75) is 5.79 Å². The quantitative estimate of drug-likeness (QED) is 0.593. The van der Waals surface area contributed by atoms with Crippen molar-refractivity contribution in [2.24, 2.45) is 0 Å². The summed E-state index contributed by atoms with van der Waals surface area (Å²) in [6.45, 7) is 0.385. The molecule has 1 aromatic rings. The Morgan fingerprint density at radius 2 is 1.81 bits per heavy atom. The number of ketones is 1. The monoisotopic (exact) mass is 282 g/mol. The van der Waals surface area contributed by atoms with Crippen molar-refractivity contribution in [1.29, 1.82) is 0 Å². The van der Waals surface area contributed by atoms with Crippen LogP contribution in [0, 0.1) is 0 Å². The van der Waals surface area contributed by atoms with Gasteiger partial charge in [0.05, 0.1) is 6.61 Å². The lowest BCUT2D eigenvalue weighted by Crippen LogP contribution is -2.32. The summed E-state index contributed by atoms with van der Waals surface area (Å²) in [5, 5.41) is 0. The Morgan fingerprint density at radius 1 is 1.10 bits per heavy atom. The van der Waals surface area contributed by atoms with Crippen LogP contribution in [-0.2, 0) is 14.3 Å². The first-order chi connectivity index (χ1) is 10.2. The van der Waals surface area contributed by atoms with E-state index in [2.05, 4.69) is 0 Å². The van der Waals surface area contributed by atoms with Gasteiger partial charge < -0.3 is 9.47 Å². The van der Waals surface area contributed by atoms with Crippen molar-refractivity contribution in [2.75, 3.05) is 13.7 Å². The summed E-state index contributed by atoms with van der Waals surface area (Å²) >= 11 is 0. The zero-order valence-corrected chi connectivity index (χ0v) is 11.9. The number of hydrogen-bond acceptors (Lipinski definition) is 3. The molecule has 0 amide bonds. The fraction of sp³-hybridized carbons (Fsp3) is 0.167. The van der Waals surface area contributed by atoms with Crippen molar-refractivity contribution < 1.29 is 14.3 Å². The van der Waals surface area contributed by atoms with Crippen LogP contribution >= 0.6 is 0 Å². The third kappa shape index (κ3) is 4.67. The van der Waals surface area contributed by atoms with Crippen molar-refractivity contribution in [1.82, 2.24) is 0 Å². The number of rotatable bonds is 6. The first kappa shape index (κ1) is 15.2. The summed E-state index contributed by atoms with van der Waals surface area (Å²) in [6, 6.07) is 10.1. The van der Waals surface area contributed by atoms with Gasteiger partial charge in [-0.1, -0.05) is 54.6 Å². The minimum Gasteiger partial charge on any atom is -0.346 e. The number of allylic oxidation sites excluding steroid dienone is 4. The maximum absolute atomic E-state index is 11.1. The highest BCUT2D eigenvalue weighted by atomic mass is 16.7. The molecule has 3 heteroatoms. The molecule has 0 atom stereocenters. The summed E-state index contributed by atoms with van der Waals surface area (Å²) < 4.78 is 11.0. The highest BCUT2D eigenvalue weighted by Gasteiger charge is 2.26. The molecule has 0 fully saturated rings. The lowest BCUT2D eigenvalue weighted by Gasteiger charge is -2.26. The molecular weight excluding hydrogens is 264 g/mol. The number of benzene rings is 1. The molecular formula is C18H18O3. The lowest BCUT2D eigenvalue weighted by molar-refractivity contribution is -0.147. The second-order valence-electron chi connectivity index (χ2n) is 4.50. The molecule has 2 rings (SSSR count). The molecule has 0 saturated carbocycles. The minimum absolute atomic E-state index is 0.0624. The van der Waals surface area contributed by atoms with E-state index in [4.69, 9.17) is 9.47 Å². The normalized spacial score (nSPS) is 17.1. The van der Waals surface area contributed by atoms with Crippen LogP contribution in [0.25, 0.3) is 6.08 Å². The molecule has 21 heavy (non-hydrogen) atoms. The summed E-state index contributed by atoms with van der Waals surface area (Å²) in [4.78, 5) is 11.1. The third-order valence-electron chi connectivity index (χ3n) is 3.02. The van der Waals surface area contributed by atoms with Crippen LogP contribution in [0.3, 0.4) is 0 Å². The summed E-state index contributed by atoms with van der Waals surface area (Å²) in [5.41, 5.74) is 1.15. The molecule has 0 heterocycles. The molecule has 0 bridgehead atoms. The maximum Gasteiger partial charge on any atom is 0.208 e.